The van der Waals surface area contributed by atoms with Crippen LogP contribution in [0, 0.1) is 15.9 Å². The van der Waals surface area contributed by atoms with E-state index in [1.54, 1.807) is 29.7 Å². The first-order valence-electron chi connectivity index (χ1n) is 10.4. The van der Waals surface area contributed by atoms with Gasteiger partial charge in [0, 0.05) is 17.8 Å². The van der Waals surface area contributed by atoms with Gasteiger partial charge in [0.2, 0.25) is 5.91 Å². The van der Waals surface area contributed by atoms with E-state index in [0.717, 1.165) is 5.56 Å². The lowest BCUT2D eigenvalue weighted by Crippen LogP contribution is -2.23. The number of amides is 1. The molecule has 0 radical (unpaired) electrons. The van der Waals surface area contributed by atoms with Gasteiger partial charge in [0.05, 0.1) is 22.3 Å². The third kappa shape index (κ3) is 5.29. The Kier molecular flexibility index (Phi) is 6.98. The summed E-state index contributed by atoms with van der Waals surface area (Å²) in [7, 11) is 0. The van der Waals surface area contributed by atoms with Gasteiger partial charge in [-0.25, -0.2) is 4.39 Å². The lowest BCUT2D eigenvalue weighted by molar-refractivity contribution is -0.384. The number of nitrogens with zero attached hydrogens (tertiary/aromatic N) is 4. The number of non-ortho nitro benzene ring substituents is 1. The molecule has 0 aliphatic heterocycles. The predicted molar refractivity (Wildman–Crippen MR) is 128 cm³/mol. The van der Waals surface area contributed by atoms with Crippen LogP contribution < -0.4 is 5.32 Å². The predicted octanol–water partition coefficient (Wildman–Crippen LogP) is 5.16. The van der Waals surface area contributed by atoms with E-state index in [2.05, 4.69) is 15.5 Å². The molecule has 0 saturated heterocycles. The normalized spacial score (nSPS) is 11.7. The van der Waals surface area contributed by atoms with Gasteiger partial charge in [0.1, 0.15) is 5.82 Å². The largest absolute Gasteiger partial charge is 0.325 e. The van der Waals surface area contributed by atoms with Gasteiger partial charge in [0.15, 0.2) is 11.0 Å². The summed E-state index contributed by atoms with van der Waals surface area (Å²) in [5.41, 5.74) is 1.68. The Balaban J connectivity index is 1.57. The Labute approximate surface area is 199 Å². The van der Waals surface area contributed by atoms with E-state index >= 15 is 0 Å². The quantitative estimate of drug-likeness (QED) is 0.214. The molecule has 8 nitrogen and oxygen atoms in total. The van der Waals surface area contributed by atoms with Crippen LogP contribution in [0.4, 0.5) is 15.8 Å². The highest BCUT2D eigenvalue weighted by molar-refractivity contribution is 8.00. The topological polar surface area (TPSA) is 103 Å². The molecule has 0 saturated carbocycles. The average Bonchev–Trinajstić information content (AvgIpc) is 3.22. The van der Waals surface area contributed by atoms with Gasteiger partial charge in [-0.15, -0.1) is 10.2 Å². The standard InChI is InChI=1S/C24H20FN5O3S/c1-16(23(31)26-18-11-13-19(14-12-18)30(32)33)34-24-28-27-22(20-9-5-6-10-21(20)25)29(24)15-17-7-3-2-4-8-17/h2-14,16H,15H2,1H3,(H,26,31). The molecule has 0 bridgehead atoms. The van der Waals surface area contributed by atoms with E-state index in [1.807, 2.05) is 30.3 Å². The van der Waals surface area contributed by atoms with Crippen molar-refractivity contribution in [3.05, 3.63) is 100 Å². The van der Waals surface area contributed by atoms with Crippen molar-refractivity contribution in [2.24, 2.45) is 0 Å². The van der Waals surface area contributed by atoms with Crippen LogP contribution in [0.15, 0.2) is 84.0 Å². The molecule has 0 aliphatic carbocycles. The summed E-state index contributed by atoms with van der Waals surface area (Å²) in [4.78, 5) is 23.1. The summed E-state index contributed by atoms with van der Waals surface area (Å²) in [6.45, 7) is 2.12. The fourth-order valence-corrected chi connectivity index (χ4v) is 4.10. The Morgan fingerprint density at radius 3 is 2.41 bits per heavy atom. The number of halogens is 1. The van der Waals surface area contributed by atoms with Gasteiger partial charge >= 0.3 is 0 Å². The summed E-state index contributed by atoms with van der Waals surface area (Å²) < 4.78 is 16.3. The summed E-state index contributed by atoms with van der Waals surface area (Å²) >= 11 is 1.19. The van der Waals surface area contributed by atoms with E-state index in [0.29, 0.717) is 28.8 Å². The Bertz CT molecular complexity index is 1310. The van der Waals surface area contributed by atoms with Gasteiger partial charge in [-0.2, -0.15) is 0 Å². The molecule has 0 aliphatic rings. The third-order valence-electron chi connectivity index (χ3n) is 5.01. The van der Waals surface area contributed by atoms with Crippen LogP contribution in [-0.2, 0) is 11.3 Å². The maximum absolute atomic E-state index is 14.5. The van der Waals surface area contributed by atoms with Crippen molar-refractivity contribution in [3.63, 3.8) is 0 Å². The molecule has 0 spiro atoms. The first kappa shape index (κ1) is 23.1. The first-order chi connectivity index (χ1) is 16.4. The number of aromatic nitrogens is 3. The minimum absolute atomic E-state index is 0.0601. The first-order valence-corrected chi connectivity index (χ1v) is 11.2. The number of benzene rings is 3. The molecular formula is C24H20FN5O3S. The fourth-order valence-electron chi connectivity index (χ4n) is 3.25. The number of carbonyl (C=O) groups excluding carboxylic acids is 1. The van der Waals surface area contributed by atoms with Crippen LogP contribution in [0.1, 0.15) is 12.5 Å². The lowest BCUT2D eigenvalue weighted by Gasteiger charge is -2.14. The molecule has 1 heterocycles. The van der Waals surface area contributed by atoms with E-state index in [9.17, 15) is 19.3 Å². The van der Waals surface area contributed by atoms with Crippen molar-refractivity contribution in [2.75, 3.05) is 5.32 Å². The van der Waals surface area contributed by atoms with E-state index < -0.39 is 16.0 Å². The van der Waals surface area contributed by atoms with Crippen molar-refractivity contribution in [1.82, 2.24) is 14.8 Å². The molecule has 4 rings (SSSR count). The van der Waals surface area contributed by atoms with E-state index in [-0.39, 0.29) is 11.6 Å². The number of hydrogen-bond donors (Lipinski definition) is 1. The summed E-state index contributed by atoms with van der Waals surface area (Å²) in [5.74, 6) is -0.349. The van der Waals surface area contributed by atoms with Crippen LogP contribution >= 0.6 is 11.8 Å². The monoisotopic (exact) mass is 477 g/mol. The second-order valence-electron chi connectivity index (χ2n) is 7.41. The minimum Gasteiger partial charge on any atom is -0.325 e. The molecule has 1 atom stereocenters. The number of nitro benzene ring substituents is 1. The Hall–Kier alpha value is -4.05. The smallest absolute Gasteiger partial charge is 0.269 e. The van der Waals surface area contributed by atoms with Crippen molar-refractivity contribution < 1.29 is 14.1 Å². The van der Waals surface area contributed by atoms with Crippen molar-refractivity contribution in [2.45, 2.75) is 23.9 Å². The zero-order valence-electron chi connectivity index (χ0n) is 18.1. The van der Waals surface area contributed by atoms with E-state index in [1.165, 1.54) is 42.1 Å². The van der Waals surface area contributed by atoms with E-state index in [4.69, 9.17) is 0 Å². The maximum atomic E-state index is 14.5. The zero-order valence-corrected chi connectivity index (χ0v) is 18.9. The van der Waals surface area contributed by atoms with Gasteiger partial charge in [0.25, 0.3) is 5.69 Å². The fraction of sp³-hybridized carbons (Fsp3) is 0.125. The van der Waals surface area contributed by atoms with Gasteiger partial charge < -0.3 is 5.32 Å². The third-order valence-corrected chi connectivity index (χ3v) is 6.09. The number of rotatable bonds is 8. The van der Waals surface area contributed by atoms with Crippen LogP contribution in [0.5, 0.6) is 0 Å². The molecule has 4 aromatic rings. The van der Waals surface area contributed by atoms with Crippen LogP contribution in [0.25, 0.3) is 11.4 Å². The number of carbonyl (C=O) groups is 1. The molecule has 1 unspecified atom stereocenters. The SMILES string of the molecule is CC(Sc1nnc(-c2ccccc2F)n1Cc1ccccc1)C(=O)Nc1ccc([N+](=O)[O-])cc1. The summed E-state index contributed by atoms with van der Waals surface area (Å²) in [6, 6.07) is 21.6. The number of hydrogen-bond acceptors (Lipinski definition) is 6. The zero-order chi connectivity index (χ0) is 24.1. The molecular weight excluding hydrogens is 457 g/mol. The Morgan fingerprint density at radius 2 is 1.74 bits per heavy atom. The van der Waals surface area contributed by atoms with Crippen molar-refractivity contribution in [1.29, 1.82) is 0 Å². The molecule has 1 aromatic heterocycles. The number of nitro groups is 1. The van der Waals surface area contributed by atoms with Crippen LogP contribution in [-0.4, -0.2) is 30.8 Å². The van der Waals surface area contributed by atoms with Gasteiger partial charge in [-0.1, -0.05) is 54.2 Å². The molecule has 1 N–H and O–H groups in total. The number of thioether (sulfide) groups is 1. The molecule has 34 heavy (non-hydrogen) atoms. The molecule has 1 amide bonds. The second-order valence-corrected chi connectivity index (χ2v) is 8.72. The summed E-state index contributed by atoms with van der Waals surface area (Å²) in [5, 5.41) is 21.9. The molecule has 10 heteroatoms. The lowest BCUT2D eigenvalue weighted by atomic mass is 10.2. The second kappa shape index (κ2) is 10.3. The molecule has 3 aromatic carbocycles. The van der Waals surface area contributed by atoms with Crippen LogP contribution in [0.3, 0.4) is 0 Å². The highest BCUT2D eigenvalue weighted by atomic mass is 32.2. The van der Waals surface area contributed by atoms with Crippen molar-refractivity contribution >= 4 is 29.0 Å². The highest BCUT2D eigenvalue weighted by Crippen LogP contribution is 2.29. The summed E-state index contributed by atoms with van der Waals surface area (Å²) in [6.07, 6.45) is 0. The Morgan fingerprint density at radius 1 is 1.06 bits per heavy atom. The minimum atomic E-state index is -0.567. The van der Waals surface area contributed by atoms with Gasteiger partial charge in [-0.05, 0) is 36.8 Å². The number of nitrogens with one attached hydrogen (secondary N) is 1. The highest BCUT2D eigenvalue weighted by Gasteiger charge is 2.22. The maximum Gasteiger partial charge on any atom is 0.269 e. The van der Waals surface area contributed by atoms with Gasteiger partial charge in [-0.3, -0.25) is 19.5 Å². The molecule has 0 fully saturated rings. The number of anilines is 1. The molecule has 172 valence electrons. The van der Waals surface area contributed by atoms with Crippen molar-refractivity contribution in [3.8, 4) is 11.4 Å². The van der Waals surface area contributed by atoms with Crippen LogP contribution in [0.2, 0.25) is 0 Å². The average molecular weight is 478 g/mol.